The maximum atomic E-state index is 11.7. The number of ketones is 1. The largest absolute Gasteiger partial charge is 0.353 e. The quantitative estimate of drug-likeness (QED) is 0.798. The molecule has 0 spiro atoms. The van der Waals surface area contributed by atoms with Crippen molar-refractivity contribution in [2.75, 3.05) is 13.1 Å². The van der Waals surface area contributed by atoms with Crippen LogP contribution in [0.15, 0.2) is 0 Å². The summed E-state index contributed by atoms with van der Waals surface area (Å²) in [5, 5.41) is 3.03. The number of carbonyl (C=O) groups excluding carboxylic acids is 2. The number of nitrogens with zero attached hydrogens (tertiary/aromatic N) is 1. The fourth-order valence-corrected chi connectivity index (χ4v) is 2.87. The zero-order valence-corrected chi connectivity index (χ0v) is 12.0. The lowest BCUT2D eigenvalue weighted by Gasteiger charge is -2.29. The van der Waals surface area contributed by atoms with Crippen molar-refractivity contribution in [2.45, 2.75) is 70.4 Å². The molecule has 2 aliphatic rings. The Balaban J connectivity index is 1.78. The first-order valence-corrected chi connectivity index (χ1v) is 7.68. The lowest BCUT2D eigenvalue weighted by atomic mass is 10.0. The number of hydrogen-bond acceptors (Lipinski definition) is 3. The Labute approximate surface area is 115 Å². The Kier molecular flexibility index (Phi) is 5.37. The summed E-state index contributed by atoms with van der Waals surface area (Å²) in [5.74, 6) is 0.438. The molecule has 1 atom stereocenters. The van der Waals surface area contributed by atoms with Gasteiger partial charge < -0.3 is 5.32 Å². The molecule has 0 bridgehead atoms. The summed E-state index contributed by atoms with van der Waals surface area (Å²) in [6.07, 6.45) is 8.25. The molecule has 1 saturated heterocycles. The Morgan fingerprint density at radius 3 is 2.63 bits per heavy atom. The van der Waals surface area contributed by atoms with E-state index >= 15 is 0 Å². The standard InChI is InChI=1S/C15H26N2O2/c1-12(18)11-14-5-3-2-4-9-17(14)10-8-15(19)16-13-6-7-13/h13-14H,2-11H2,1H3,(H,16,19). The fourth-order valence-electron chi connectivity index (χ4n) is 2.87. The summed E-state index contributed by atoms with van der Waals surface area (Å²) >= 11 is 0. The van der Waals surface area contributed by atoms with Crippen LogP contribution in [0.3, 0.4) is 0 Å². The van der Waals surface area contributed by atoms with E-state index < -0.39 is 0 Å². The van der Waals surface area contributed by atoms with Gasteiger partial charge in [-0.3, -0.25) is 14.5 Å². The van der Waals surface area contributed by atoms with Crippen LogP contribution in [0.2, 0.25) is 0 Å². The van der Waals surface area contributed by atoms with Crippen molar-refractivity contribution >= 4 is 11.7 Å². The first kappa shape index (κ1) is 14.5. The minimum atomic E-state index is 0.174. The van der Waals surface area contributed by atoms with Gasteiger partial charge in [-0.15, -0.1) is 0 Å². The molecule has 0 radical (unpaired) electrons. The highest BCUT2D eigenvalue weighted by atomic mass is 16.1. The number of likely N-dealkylation sites (tertiary alicyclic amines) is 1. The average molecular weight is 266 g/mol. The van der Waals surface area contributed by atoms with Gasteiger partial charge in [0.1, 0.15) is 5.78 Å². The van der Waals surface area contributed by atoms with Crippen LogP contribution < -0.4 is 5.32 Å². The molecule has 2 rings (SSSR count). The van der Waals surface area contributed by atoms with Crippen LogP contribution in [-0.4, -0.2) is 41.8 Å². The summed E-state index contributed by atoms with van der Waals surface area (Å²) in [7, 11) is 0. The molecule has 1 aliphatic carbocycles. The van der Waals surface area contributed by atoms with Gasteiger partial charge in [0.05, 0.1) is 0 Å². The molecule has 0 aromatic rings. The number of hydrogen-bond donors (Lipinski definition) is 1. The third kappa shape index (κ3) is 5.31. The molecule has 1 aliphatic heterocycles. The van der Waals surface area contributed by atoms with Gasteiger partial charge in [0, 0.05) is 31.5 Å². The van der Waals surface area contributed by atoms with E-state index in [-0.39, 0.29) is 11.7 Å². The van der Waals surface area contributed by atoms with Crippen LogP contribution in [0.1, 0.15) is 58.3 Å². The second-order valence-corrected chi connectivity index (χ2v) is 6.04. The van der Waals surface area contributed by atoms with Crippen molar-refractivity contribution < 1.29 is 9.59 Å². The van der Waals surface area contributed by atoms with Crippen LogP contribution in [0.4, 0.5) is 0 Å². The number of rotatable bonds is 6. The predicted molar refractivity (Wildman–Crippen MR) is 74.9 cm³/mol. The van der Waals surface area contributed by atoms with Gasteiger partial charge in [-0.2, -0.15) is 0 Å². The molecular weight excluding hydrogens is 240 g/mol. The Hall–Kier alpha value is -0.900. The van der Waals surface area contributed by atoms with Gasteiger partial charge in [-0.1, -0.05) is 12.8 Å². The van der Waals surface area contributed by atoms with Crippen LogP contribution in [0.25, 0.3) is 0 Å². The van der Waals surface area contributed by atoms with E-state index in [9.17, 15) is 9.59 Å². The number of Topliss-reactive ketones (excluding diaryl/α,β-unsaturated/α-hetero) is 1. The van der Waals surface area contributed by atoms with Gasteiger partial charge in [-0.25, -0.2) is 0 Å². The first-order chi connectivity index (χ1) is 9.15. The molecule has 1 amide bonds. The predicted octanol–water partition coefficient (Wildman–Crippen LogP) is 1.88. The number of nitrogens with one attached hydrogen (secondary N) is 1. The van der Waals surface area contributed by atoms with Gasteiger partial charge in [0.15, 0.2) is 0 Å². The van der Waals surface area contributed by atoms with Gasteiger partial charge in [0.2, 0.25) is 5.91 Å². The van der Waals surface area contributed by atoms with Crippen molar-refractivity contribution in [3.05, 3.63) is 0 Å². The second-order valence-electron chi connectivity index (χ2n) is 6.04. The van der Waals surface area contributed by atoms with Crippen molar-refractivity contribution in [3.63, 3.8) is 0 Å². The molecule has 1 saturated carbocycles. The molecule has 4 nitrogen and oxygen atoms in total. The second kappa shape index (κ2) is 7.04. The van der Waals surface area contributed by atoms with Gasteiger partial charge in [0.25, 0.3) is 0 Å². The number of amides is 1. The van der Waals surface area contributed by atoms with Crippen LogP contribution in [0.5, 0.6) is 0 Å². The van der Waals surface area contributed by atoms with Crippen molar-refractivity contribution in [2.24, 2.45) is 0 Å². The molecule has 1 heterocycles. The fraction of sp³-hybridized carbons (Fsp3) is 0.867. The zero-order valence-electron chi connectivity index (χ0n) is 12.0. The maximum absolute atomic E-state index is 11.7. The van der Waals surface area contributed by atoms with Crippen LogP contribution in [-0.2, 0) is 9.59 Å². The van der Waals surface area contributed by atoms with Gasteiger partial charge >= 0.3 is 0 Å². The van der Waals surface area contributed by atoms with Crippen LogP contribution in [0, 0.1) is 0 Å². The topological polar surface area (TPSA) is 49.4 Å². The summed E-state index contributed by atoms with van der Waals surface area (Å²) in [5.41, 5.74) is 0. The average Bonchev–Trinajstić information content (AvgIpc) is 3.15. The third-order valence-electron chi connectivity index (χ3n) is 4.09. The first-order valence-electron chi connectivity index (χ1n) is 7.68. The molecule has 2 fully saturated rings. The van der Waals surface area contributed by atoms with E-state index in [1.54, 1.807) is 6.92 Å². The SMILES string of the molecule is CC(=O)CC1CCCCCN1CCC(=O)NC1CC1. The van der Waals surface area contributed by atoms with Crippen molar-refractivity contribution in [1.29, 1.82) is 0 Å². The minimum Gasteiger partial charge on any atom is -0.353 e. The monoisotopic (exact) mass is 266 g/mol. The van der Waals surface area contributed by atoms with E-state index in [1.165, 1.54) is 19.3 Å². The Morgan fingerprint density at radius 1 is 1.16 bits per heavy atom. The van der Waals surface area contributed by atoms with E-state index in [2.05, 4.69) is 10.2 Å². The highest BCUT2D eigenvalue weighted by molar-refractivity contribution is 5.77. The van der Waals surface area contributed by atoms with Crippen molar-refractivity contribution in [1.82, 2.24) is 10.2 Å². The summed E-state index contributed by atoms with van der Waals surface area (Å²) in [4.78, 5) is 25.5. The lowest BCUT2D eigenvalue weighted by molar-refractivity contribution is -0.121. The summed E-state index contributed by atoms with van der Waals surface area (Å²) in [6, 6.07) is 0.804. The highest BCUT2D eigenvalue weighted by Crippen LogP contribution is 2.21. The van der Waals surface area contributed by atoms with E-state index in [4.69, 9.17) is 0 Å². The summed E-state index contributed by atoms with van der Waals surface area (Å²) in [6.45, 7) is 3.51. The molecule has 108 valence electrons. The molecule has 19 heavy (non-hydrogen) atoms. The van der Waals surface area contributed by atoms with Gasteiger partial charge in [-0.05, 0) is 39.2 Å². The van der Waals surface area contributed by atoms with Crippen molar-refractivity contribution in [3.8, 4) is 0 Å². The van der Waals surface area contributed by atoms with E-state index in [0.29, 0.717) is 24.9 Å². The van der Waals surface area contributed by atoms with E-state index in [0.717, 1.165) is 32.4 Å². The smallest absolute Gasteiger partial charge is 0.221 e. The highest BCUT2D eigenvalue weighted by Gasteiger charge is 2.25. The summed E-state index contributed by atoms with van der Waals surface area (Å²) < 4.78 is 0. The Bertz CT molecular complexity index is 326. The molecule has 0 aromatic carbocycles. The number of carbonyl (C=O) groups is 2. The molecule has 1 N–H and O–H groups in total. The minimum absolute atomic E-state index is 0.174. The normalized spacial score (nSPS) is 24.8. The molecular formula is C15H26N2O2. The third-order valence-corrected chi connectivity index (χ3v) is 4.09. The lowest BCUT2D eigenvalue weighted by Crippen LogP contribution is -2.39. The molecule has 1 unspecified atom stereocenters. The zero-order chi connectivity index (χ0) is 13.7. The van der Waals surface area contributed by atoms with Crippen LogP contribution >= 0.6 is 0 Å². The molecule has 0 aromatic heterocycles. The maximum Gasteiger partial charge on any atom is 0.221 e. The molecule has 4 heteroatoms. The van der Waals surface area contributed by atoms with E-state index in [1.807, 2.05) is 0 Å². The Morgan fingerprint density at radius 2 is 1.95 bits per heavy atom.